The van der Waals surface area contributed by atoms with Gasteiger partial charge in [-0.2, -0.15) is 0 Å². The van der Waals surface area contributed by atoms with Crippen LogP contribution in [0, 0.1) is 28.6 Å². The van der Waals surface area contributed by atoms with Gasteiger partial charge in [0.05, 0.1) is 16.9 Å². The number of carboxylic acid groups (broad SMARTS) is 1. The number of ether oxygens (including phenoxy) is 1. The summed E-state index contributed by atoms with van der Waals surface area (Å²) in [5.74, 6) is -2.05. The molecule has 5 nitrogen and oxygen atoms in total. The maximum Gasteiger partial charge on any atom is 0.313 e. The van der Waals surface area contributed by atoms with E-state index in [1.54, 1.807) is 0 Å². The second-order valence-electron chi connectivity index (χ2n) is 9.38. The number of aliphatic hydroxyl groups is 1. The number of hydrogen-bond donors (Lipinski definition) is 2. The first-order valence-corrected chi connectivity index (χ1v) is 9.91. The highest BCUT2D eigenvalue weighted by atomic mass is 31.0. The van der Waals surface area contributed by atoms with E-state index in [9.17, 15) is 19.8 Å². The summed E-state index contributed by atoms with van der Waals surface area (Å²) in [6, 6.07) is 0. The van der Waals surface area contributed by atoms with Crippen molar-refractivity contribution in [3.8, 4) is 0 Å². The number of carbonyl (C=O) groups excluding carboxylic acids is 1. The fourth-order valence-electron chi connectivity index (χ4n) is 7.70. The van der Waals surface area contributed by atoms with Crippen LogP contribution in [-0.2, 0) is 14.3 Å². The highest BCUT2D eigenvalue weighted by Gasteiger charge is 2.83. The topological polar surface area (TPSA) is 83.8 Å². The average Bonchev–Trinajstić information content (AvgIpc) is 2.95. The van der Waals surface area contributed by atoms with Crippen LogP contribution in [0.4, 0.5) is 0 Å². The Morgan fingerprint density at radius 3 is 2.76 bits per heavy atom. The zero-order chi connectivity index (χ0) is 18.0. The SMILES string of the molecule is C=C1C[C@]23C[C@@]1(O)CC[C@H]2[C@@]12CC[C@H](P)[C@](C)(C(=O)O1)[C@H]2[C@@H]3C(=O)O. The van der Waals surface area contributed by atoms with Crippen LogP contribution in [-0.4, -0.2) is 39.0 Å². The van der Waals surface area contributed by atoms with Gasteiger partial charge in [-0.1, -0.05) is 6.58 Å². The first-order valence-electron chi connectivity index (χ1n) is 9.24. The monoisotopic (exact) mass is 364 g/mol. The van der Waals surface area contributed by atoms with Crippen molar-refractivity contribution in [2.75, 3.05) is 0 Å². The van der Waals surface area contributed by atoms with E-state index < -0.39 is 33.9 Å². The molecule has 6 heteroatoms. The van der Waals surface area contributed by atoms with Gasteiger partial charge in [0.25, 0.3) is 0 Å². The molecule has 1 saturated heterocycles. The van der Waals surface area contributed by atoms with E-state index in [1.807, 2.05) is 6.92 Å². The number of carboxylic acids is 1. The van der Waals surface area contributed by atoms with Crippen LogP contribution in [0.5, 0.6) is 0 Å². The highest BCUT2D eigenvalue weighted by Crippen LogP contribution is 2.78. The van der Waals surface area contributed by atoms with Crippen LogP contribution in [0.15, 0.2) is 12.2 Å². The molecule has 5 fully saturated rings. The molecule has 0 radical (unpaired) electrons. The van der Waals surface area contributed by atoms with Gasteiger partial charge in [-0.05, 0) is 62.1 Å². The van der Waals surface area contributed by atoms with Crippen molar-refractivity contribution in [3.05, 3.63) is 12.2 Å². The highest BCUT2D eigenvalue weighted by molar-refractivity contribution is 7.17. The molecular formula is C19H25O5P. The molecule has 5 aliphatic rings. The van der Waals surface area contributed by atoms with E-state index in [0.717, 1.165) is 18.4 Å². The molecule has 5 rings (SSSR count). The Hall–Kier alpha value is -0.930. The Balaban J connectivity index is 1.76. The van der Waals surface area contributed by atoms with E-state index >= 15 is 0 Å². The average molecular weight is 364 g/mol. The van der Waals surface area contributed by atoms with Gasteiger partial charge in [0.15, 0.2) is 0 Å². The number of hydrogen-bond acceptors (Lipinski definition) is 4. The maximum atomic E-state index is 12.9. The number of fused-ring (bicyclic) bond motifs is 1. The molecule has 1 unspecified atom stereocenters. The molecule has 1 aliphatic heterocycles. The molecule has 0 amide bonds. The van der Waals surface area contributed by atoms with Gasteiger partial charge in [-0.3, -0.25) is 9.59 Å². The van der Waals surface area contributed by atoms with Crippen LogP contribution in [0.3, 0.4) is 0 Å². The van der Waals surface area contributed by atoms with E-state index in [1.165, 1.54) is 0 Å². The molecule has 2 N–H and O–H groups in total. The smallest absolute Gasteiger partial charge is 0.313 e. The number of aliphatic carboxylic acids is 1. The summed E-state index contributed by atoms with van der Waals surface area (Å²) in [6.07, 6.45) is 3.88. The molecule has 4 saturated carbocycles. The molecule has 0 aromatic carbocycles. The van der Waals surface area contributed by atoms with Gasteiger partial charge in [0.1, 0.15) is 5.60 Å². The number of rotatable bonds is 1. The Kier molecular flexibility index (Phi) is 2.80. The van der Waals surface area contributed by atoms with Crippen LogP contribution in [0.2, 0.25) is 0 Å². The van der Waals surface area contributed by atoms with Crippen LogP contribution < -0.4 is 0 Å². The molecule has 136 valence electrons. The third-order valence-electron chi connectivity index (χ3n) is 8.68. The molecule has 1 heterocycles. The van der Waals surface area contributed by atoms with E-state index in [2.05, 4.69) is 15.8 Å². The summed E-state index contributed by atoms with van der Waals surface area (Å²) in [6.45, 7) is 5.99. The minimum Gasteiger partial charge on any atom is -0.481 e. The predicted octanol–water partition coefficient (Wildman–Crippen LogP) is 2.13. The fraction of sp³-hybridized carbons (Fsp3) is 0.789. The van der Waals surface area contributed by atoms with Crippen LogP contribution >= 0.6 is 9.24 Å². The van der Waals surface area contributed by atoms with Crippen molar-refractivity contribution in [1.29, 1.82) is 0 Å². The molecule has 9 atom stereocenters. The minimum absolute atomic E-state index is 0.00824. The Morgan fingerprint density at radius 1 is 1.36 bits per heavy atom. The second-order valence-corrected chi connectivity index (χ2v) is 10.2. The van der Waals surface area contributed by atoms with Crippen molar-refractivity contribution in [2.24, 2.45) is 28.6 Å². The molecule has 4 bridgehead atoms. The van der Waals surface area contributed by atoms with E-state index in [4.69, 9.17) is 4.74 Å². The van der Waals surface area contributed by atoms with Gasteiger partial charge in [-0.25, -0.2) is 0 Å². The van der Waals surface area contributed by atoms with Crippen molar-refractivity contribution in [2.45, 2.75) is 62.3 Å². The minimum atomic E-state index is -0.946. The van der Waals surface area contributed by atoms with Crippen LogP contribution in [0.25, 0.3) is 0 Å². The Labute approximate surface area is 149 Å². The molecule has 0 aromatic heterocycles. The van der Waals surface area contributed by atoms with Crippen LogP contribution in [0.1, 0.15) is 45.4 Å². The summed E-state index contributed by atoms with van der Waals surface area (Å²) >= 11 is 0. The fourth-order valence-corrected chi connectivity index (χ4v) is 8.21. The number of esters is 1. The van der Waals surface area contributed by atoms with Gasteiger partial charge in [0, 0.05) is 11.8 Å². The molecule has 25 heavy (non-hydrogen) atoms. The van der Waals surface area contributed by atoms with Gasteiger partial charge in [0.2, 0.25) is 0 Å². The molecule has 0 aromatic rings. The third-order valence-corrected chi connectivity index (χ3v) is 9.71. The molecule has 4 aliphatic carbocycles. The van der Waals surface area contributed by atoms with Crippen molar-refractivity contribution < 1.29 is 24.5 Å². The zero-order valence-electron chi connectivity index (χ0n) is 14.5. The molecular weight excluding hydrogens is 339 g/mol. The van der Waals surface area contributed by atoms with Gasteiger partial charge >= 0.3 is 11.9 Å². The summed E-state index contributed by atoms with van der Waals surface area (Å²) in [5.41, 5.74) is -2.13. The summed E-state index contributed by atoms with van der Waals surface area (Å²) in [5, 5.41) is 21.2. The summed E-state index contributed by atoms with van der Waals surface area (Å²) in [7, 11) is 2.77. The second kappa shape index (κ2) is 4.31. The zero-order valence-corrected chi connectivity index (χ0v) is 15.6. The largest absolute Gasteiger partial charge is 0.481 e. The van der Waals surface area contributed by atoms with Gasteiger partial charge < -0.3 is 14.9 Å². The lowest BCUT2D eigenvalue weighted by Crippen LogP contribution is -2.51. The first kappa shape index (κ1) is 16.3. The standard InChI is InChI=1S/C19H25O5P/c1-9-7-17-8-18(9,23)5-3-10(17)19-6-4-11(25)16(2,15(22)24-19)13(19)12(17)14(20)21/h10-13,23H,1,3-8,25H2,2H3,(H,20,21)/t10-,11+,12-,13-,16+,17+,18+,19-/m1/s1. The van der Waals surface area contributed by atoms with E-state index in [0.29, 0.717) is 25.7 Å². The summed E-state index contributed by atoms with van der Waals surface area (Å²) in [4.78, 5) is 25.4. The lowest BCUT2D eigenvalue weighted by molar-refractivity contribution is -0.162. The van der Waals surface area contributed by atoms with Crippen molar-refractivity contribution in [1.82, 2.24) is 0 Å². The quantitative estimate of drug-likeness (QED) is 0.423. The van der Waals surface area contributed by atoms with Crippen molar-refractivity contribution >= 4 is 21.2 Å². The number of carbonyl (C=O) groups is 2. The normalized spacial score (nSPS) is 58.7. The van der Waals surface area contributed by atoms with E-state index in [-0.39, 0.29) is 23.5 Å². The lowest BCUT2D eigenvalue weighted by Gasteiger charge is -2.46. The predicted molar refractivity (Wildman–Crippen MR) is 92.8 cm³/mol. The Bertz CT molecular complexity index is 735. The first-order chi connectivity index (χ1) is 11.6. The third kappa shape index (κ3) is 1.48. The maximum absolute atomic E-state index is 12.9. The Morgan fingerprint density at radius 2 is 2.08 bits per heavy atom. The lowest BCUT2D eigenvalue weighted by atomic mass is 9.60. The van der Waals surface area contributed by atoms with Crippen molar-refractivity contribution in [3.63, 3.8) is 0 Å². The summed E-state index contributed by atoms with van der Waals surface area (Å²) < 4.78 is 6.11. The molecule has 1 spiro atoms. The van der Waals surface area contributed by atoms with Gasteiger partial charge in [-0.15, -0.1) is 9.24 Å².